The molecule has 0 aromatic carbocycles. The predicted molar refractivity (Wildman–Crippen MR) is 99.4 cm³/mol. The van der Waals surface area contributed by atoms with Gasteiger partial charge < -0.3 is 14.7 Å². The van der Waals surface area contributed by atoms with Crippen LogP contribution in [0.4, 0.5) is 13.2 Å². The molecule has 2 aromatic heterocycles. The molecule has 0 unspecified atom stereocenters. The van der Waals surface area contributed by atoms with Gasteiger partial charge in [0.1, 0.15) is 5.69 Å². The van der Waals surface area contributed by atoms with Gasteiger partial charge in [-0.1, -0.05) is 5.16 Å². The Kier molecular flexibility index (Phi) is 6.93. The Morgan fingerprint density at radius 3 is 2.81 bits per heavy atom. The van der Waals surface area contributed by atoms with Crippen molar-refractivity contribution in [2.75, 3.05) is 26.7 Å². The first-order valence-corrected chi connectivity index (χ1v) is 9.20. The molecule has 2 aromatic rings. The van der Waals surface area contributed by atoms with E-state index in [9.17, 15) is 18.0 Å². The Morgan fingerprint density at radius 2 is 2.19 bits per heavy atom. The minimum Gasteiger partial charge on any atom is -0.351 e. The molecule has 0 saturated carbocycles. The Hall–Kier alpha value is -1.58. The van der Waals surface area contributed by atoms with Crippen LogP contribution in [0.15, 0.2) is 16.7 Å². The van der Waals surface area contributed by atoms with Crippen LogP contribution in [0.3, 0.4) is 0 Å². The fraction of sp³-hybridized carbons (Fsp3) is 0.529. The Labute approximate surface area is 165 Å². The lowest BCUT2D eigenvalue weighted by Crippen LogP contribution is -2.42. The van der Waals surface area contributed by atoms with E-state index >= 15 is 0 Å². The quantitative estimate of drug-likeness (QED) is 0.799. The van der Waals surface area contributed by atoms with Crippen molar-refractivity contribution >= 4 is 29.7 Å². The number of carbonyl (C=O) groups excluding carboxylic acids is 1. The molecule has 0 bridgehead atoms. The van der Waals surface area contributed by atoms with Gasteiger partial charge in [0.2, 0.25) is 5.76 Å². The molecule has 10 heteroatoms. The fourth-order valence-electron chi connectivity index (χ4n) is 3.27. The number of aromatic nitrogens is 1. The van der Waals surface area contributed by atoms with Gasteiger partial charge in [-0.15, -0.1) is 23.7 Å². The number of piperidine rings is 1. The normalized spacial score (nSPS) is 17.7. The molecule has 1 fully saturated rings. The van der Waals surface area contributed by atoms with Crippen LogP contribution in [0.1, 0.15) is 33.8 Å². The summed E-state index contributed by atoms with van der Waals surface area (Å²) in [5.74, 6) is -0.761. The summed E-state index contributed by atoms with van der Waals surface area (Å²) in [5, 5.41) is 6.69. The van der Waals surface area contributed by atoms with Crippen LogP contribution in [-0.4, -0.2) is 42.6 Å². The molecular weight excluding hydrogens is 403 g/mol. The van der Waals surface area contributed by atoms with Crippen molar-refractivity contribution in [3.05, 3.63) is 28.3 Å². The van der Waals surface area contributed by atoms with Crippen LogP contribution >= 0.6 is 23.7 Å². The number of hydrogen-bond donors (Lipinski definition) is 1. The van der Waals surface area contributed by atoms with Crippen LogP contribution in [0.5, 0.6) is 0 Å². The average molecular weight is 424 g/mol. The maximum Gasteiger partial charge on any atom is 0.452 e. The molecule has 0 aliphatic carbocycles. The van der Waals surface area contributed by atoms with Gasteiger partial charge in [-0.2, -0.15) is 13.2 Å². The van der Waals surface area contributed by atoms with Gasteiger partial charge in [-0.05, 0) is 51.4 Å². The monoisotopic (exact) mass is 423 g/mol. The summed E-state index contributed by atoms with van der Waals surface area (Å²) in [6, 6.07) is 3.27. The van der Waals surface area contributed by atoms with Gasteiger partial charge in [0, 0.05) is 18.7 Å². The highest BCUT2D eigenvalue weighted by molar-refractivity contribution is 7.17. The van der Waals surface area contributed by atoms with E-state index in [1.54, 1.807) is 12.1 Å². The van der Waals surface area contributed by atoms with E-state index in [0.717, 1.165) is 30.7 Å². The van der Waals surface area contributed by atoms with Crippen molar-refractivity contribution in [1.82, 2.24) is 15.4 Å². The minimum atomic E-state index is -4.58. The predicted octanol–water partition coefficient (Wildman–Crippen LogP) is 4.22. The molecule has 3 rings (SSSR count). The van der Waals surface area contributed by atoms with Gasteiger partial charge in [0.05, 0.1) is 9.75 Å². The number of hydrogen-bond acceptors (Lipinski definition) is 5. The third kappa shape index (κ3) is 4.64. The molecule has 1 saturated heterocycles. The lowest BCUT2D eigenvalue weighted by Gasteiger charge is -2.32. The summed E-state index contributed by atoms with van der Waals surface area (Å²) in [6.07, 6.45) is -2.55. The van der Waals surface area contributed by atoms with Gasteiger partial charge in [-0.3, -0.25) is 4.79 Å². The third-order valence-electron chi connectivity index (χ3n) is 4.53. The highest BCUT2D eigenvalue weighted by Crippen LogP contribution is 2.38. The number of alkyl halides is 3. The number of nitrogens with zero attached hydrogens (tertiary/aromatic N) is 2. The molecule has 3 heterocycles. The topological polar surface area (TPSA) is 58.4 Å². The van der Waals surface area contributed by atoms with E-state index < -0.39 is 11.9 Å². The van der Waals surface area contributed by atoms with Crippen molar-refractivity contribution in [2.24, 2.45) is 5.92 Å². The second kappa shape index (κ2) is 8.62. The number of nitrogens with one attached hydrogen (secondary N) is 1. The zero-order chi connectivity index (χ0) is 18.9. The second-order valence-electron chi connectivity index (χ2n) is 6.46. The van der Waals surface area contributed by atoms with Crippen LogP contribution < -0.4 is 5.32 Å². The molecule has 1 amide bonds. The Balaban J connectivity index is 0.00000261. The molecule has 1 aliphatic heterocycles. The zero-order valence-electron chi connectivity index (χ0n) is 14.9. The van der Waals surface area contributed by atoms with E-state index in [2.05, 4.69) is 15.0 Å². The summed E-state index contributed by atoms with van der Waals surface area (Å²) >= 11 is 1.14. The van der Waals surface area contributed by atoms with Gasteiger partial charge in [-0.25, -0.2) is 0 Å². The molecule has 0 radical (unpaired) electrons. The maximum absolute atomic E-state index is 12.9. The van der Waals surface area contributed by atoms with Crippen molar-refractivity contribution in [1.29, 1.82) is 0 Å². The van der Waals surface area contributed by atoms with E-state index in [1.807, 2.05) is 11.9 Å². The highest BCUT2D eigenvalue weighted by Gasteiger charge is 2.39. The summed E-state index contributed by atoms with van der Waals surface area (Å²) in [6.45, 7) is 3.57. The maximum atomic E-state index is 12.9. The molecular formula is C17H21ClF3N3O2S. The molecule has 5 nitrogen and oxygen atoms in total. The Morgan fingerprint density at radius 1 is 1.44 bits per heavy atom. The van der Waals surface area contributed by atoms with Crippen LogP contribution in [0.2, 0.25) is 0 Å². The largest absolute Gasteiger partial charge is 0.452 e. The van der Waals surface area contributed by atoms with Crippen LogP contribution in [-0.2, 0) is 6.18 Å². The molecule has 150 valence electrons. The SMILES string of the molecule is CNC[C@@H]1CCCN(C(=O)c2ccc(-c3noc(C(F)(F)F)c3C)s2)C1.Cl. The number of rotatable bonds is 4. The lowest BCUT2D eigenvalue weighted by molar-refractivity contribution is -0.156. The second-order valence-corrected chi connectivity index (χ2v) is 7.55. The zero-order valence-corrected chi connectivity index (χ0v) is 16.6. The lowest BCUT2D eigenvalue weighted by atomic mass is 9.98. The third-order valence-corrected chi connectivity index (χ3v) is 5.61. The first-order valence-electron chi connectivity index (χ1n) is 8.38. The number of halogens is 4. The minimum absolute atomic E-state index is 0. The number of carbonyl (C=O) groups is 1. The van der Waals surface area contributed by atoms with Crippen molar-refractivity contribution in [2.45, 2.75) is 25.9 Å². The summed E-state index contributed by atoms with van der Waals surface area (Å²) in [4.78, 5) is 15.5. The fourth-order valence-corrected chi connectivity index (χ4v) is 4.28. The van der Waals surface area contributed by atoms with Crippen molar-refractivity contribution < 1.29 is 22.5 Å². The number of amides is 1. The van der Waals surface area contributed by atoms with Gasteiger partial charge >= 0.3 is 6.18 Å². The van der Waals surface area contributed by atoms with Crippen molar-refractivity contribution in [3.63, 3.8) is 0 Å². The van der Waals surface area contributed by atoms with E-state index in [-0.39, 0.29) is 29.6 Å². The van der Waals surface area contributed by atoms with E-state index in [0.29, 0.717) is 28.8 Å². The van der Waals surface area contributed by atoms with Crippen molar-refractivity contribution in [3.8, 4) is 10.6 Å². The summed E-state index contributed by atoms with van der Waals surface area (Å²) in [5.41, 5.74) is 0.0680. The average Bonchev–Trinajstić information content (AvgIpc) is 3.20. The molecule has 1 atom stereocenters. The number of thiophene rings is 1. The van der Waals surface area contributed by atoms with Crippen LogP contribution in [0, 0.1) is 12.8 Å². The summed E-state index contributed by atoms with van der Waals surface area (Å²) in [7, 11) is 1.89. The smallest absolute Gasteiger partial charge is 0.351 e. The molecule has 27 heavy (non-hydrogen) atoms. The van der Waals surface area contributed by atoms with E-state index in [1.165, 1.54) is 6.92 Å². The standard InChI is InChI=1S/C17H20F3N3O2S.ClH/c1-10-14(22-25-15(10)17(18,19)20)12-5-6-13(26-12)16(24)23-7-3-4-11(9-23)8-21-2;/h5-6,11,21H,3-4,7-9H2,1-2H3;1H/t11-;/m0./s1. The first-order chi connectivity index (χ1) is 12.3. The van der Waals surface area contributed by atoms with Gasteiger partial charge in [0.15, 0.2) is 0 Å². The summed E-state index contributed by atoms with van der Waals surface area (Å²) < 4.78 is 43.0. The van der Waals surface area contributed by atoms with Crippen LogP contribution in [0.25, 0.3) is 10.6 Å². The molecule has 1 aliphatic rings. The Bertz CT molecular complexity index is 789. The first kappa shape index (κ1) is 21.7. The van der Waals surface area contributed by atoms with Gasteiger partial charge in [0.25, 0.3) is 5.91 Å². The number of likely N-dealkylation sites (tertiary alicyclic amines) is 1. The highest BCUT2D eigenvalue weighted by atomic mass is 35.5. The molecule has 0 spiro atoms. The molecule has 1 N–H and O–H groups in total. The van der Waals surface area contributed by atoms with E-state index in [4.69, 9.17) is 0 Å².